The van der Waals surface area contributed by atoms with Crippen LogP contribution in [0.2, 0.25) is 5.02 Å². The van der Waals surface area contributed by atoms with Gasteiger partial charge in [0, 0.05) is 6.20 Å². The maximum atomic E-state index is 12.8. The third-order valence-corrected chi connectivity index (χ3v) is 5.23. The molecule has 2 rings (SSSR count). The minimum absolute atomic E-state index is 0.168. The quantitative estimate of drug-likeness (QED) is 0.607. The van der Waals surface area contributed by atoms with Crippen molar-refractivity contribution in [3.05, 3.63) is 41.0 Å². The molecule has 0 saturated carbocycles. The average Bonchev–Trinajstić information content (AvgIpc) is 2.65. The number of hydrogen-bond acceptors (Lipinski definition) is 6. The number of nitrogens with zero attached hydrogens (tertiary/aromatic N) is 1. The Morgan fingerprint density at radius 1 is 1.16 bits per heavy atom. The van der Waals surface area contributed by atoms with Crippen LogP contribution in [0.1, 0.15) is 10.4 Å². The van der Waals surface area contributed by atoms with Crippen molar-refractivity contribution in [2.24, 2.45) is 0 Å². The molecule has 0 bridgehead atoms. The lowest BCUT2D eigenvalue weighted by atomic mass is 10.2. The van der Waals surface area contributed by atoms with Crippen molar-refractivity contribution < 1.29 is 49.0 Å². The van der Waals surface area contributed by atoms with Gasteiger partial charge in [0.2, 0.25) is 5.88 Å². The SMILES string of the molecule is COc1ccc(S(=O)(=O)C(F)(F)F)cc1NC(=O)c1cnc(OCC(F)(F)F)c(Cl)c1. The van der Waals surface area contributed by atoms with Gasteiger partial charge in [-0.25, -0.2) is 13.4 Å². The van der Waals surface area contributed by atoms with Gasteiger partial charge in [-0.15, -0.1) is 0 Å². The minimum atomic E-state index is -5.70. The van der Waals surface area contributed by atoms with Crippen LogP contribution < -0.4 is 14.8 Å². The van der Waals surface area contributed by atoms with Crippen molar-refractivity contribution in [1.29, 1.82) is 0 Å². The maximum absolute atomic E-state index is 12.8. The Balaban J connectivity index is 2.31. The second-order valence-corrected chi connectivity index (χ2v) is 8.03. The molecule has 0 aliphatic carbocycles. The number of halogens is 7. The number of alkyl halides is 6. The summed E-state index contributed by atoms with van der Waals surface area (Å²) < 4.78 is 107. The van der Waals surface area contributed by atoms with E-state index in [1.807, 2.05) is 0 Å². The molecule has 1 aromatic carbocycles. The lowest BCUT2D eigenvalue weighted by molar-refractivity contribution is -0.154. The molecule has 0 unspecified atom stereocenters. The van der Waals surface area contributed by atoms with E-state index in [9.17, 15) is 39.6 Å². The number of benzene rings is 1. The number of rotatable bonds is 6. The highest BCUT2D eigenvalue weighted by molar-refractivity contribution is 7.92. The number of carbonyl (C=O) groups excluding carboxylic acids is 1. The maximum Gasteiger partial charge on any atom is 0.501 e. The molecule has 170 valence electrons. The molecule has 0 spiro atoms. The molecule has 0 atom stereocenters. The zero-order chi connectivity index (χ0) is 23.6. The lowest BCUT2D eigenvalue weighted by Gasteiger charge is -2.14. The van der Waals surface area contributed by atoms with Gasteiger partial charge in [-0.05, 0) is 24.3 Å². The Kier molecular flexibility index (Phi) is 6.95. The second-order valence-electron chi connectivity index (χ2n) is 5.68. The van der Waals surface area contributed by atoms with Crippen LogP contribution in [-0.4, -0.2) is 44.7 Å². The van der Waals surface area contributed by atoms with Gasteiger partial charge in [-0.1, -0.05) is 11.6 Å². The summed E-state index contributed by atoms with van der Waals surface area (Å²) in [4.78, 5) is 14.7. The van der Waals surface area contributed by atoms with Gasteiger partial charge in [0.25, 0.3) is 15.7 Å². The molecule has 1 amide bonds. The van der Waals surface area contributed by atoms with Crippen molar-refractivity contribution in [1.82, 2.24) is 4.98 Å². The molecule has 0 aliphatic rings. The van der Waals surface area contributed by atoms with Gasteiger partial charge in [0.1, 0.15) is 10.8 Å². The number of ether oxygens (including phenoxy) is 2. The van der Waals surface area contributed by atoms with Crippen LogP contribution in [0.4, 0.5) is 32.0 Å². The van der Waals surface area contributed by atoms with Crippen molar-refractivity contribution in [3.8, 4) is 11.6 Å². The largest absolute Gasteiger partial charge is 0.501 e. The monoisotopic (exact) mass is 492 g/mol. The van der Waals surface area contributed by atoms with Crippen LogP contribution in [0.3, 0.4) is 0 Å². The van der Waals surface area contributed by atoms with Gasteiger partial charge >= 0.3 is 11.7 Å². The number of methoxy groups -OCH3 is 1. The normalized spacial score (nSPS) is 12.4. The number of carbonyl (C=O) groups is 1. The third kappa shape index (κ3) is 5.91. The van der Waals surface area contributed by atoms with Crippen LogP contribution in [0.25, 0.3) is 0 Å². The zero-order valence-corrected chi connectivity index (χ0v) is 16.7. The summed E-state index contributed by atoms with van der Waals surface area (Å²) in [7, 11) is -4.58. The molecule has 1 N–H and O–H groups in total. The molecule has 1 heterocycles. The van der Waals surface area contributed by atoms with E-state index in [1.165, 1.54) is 0 Å². The summed E-state index contributed by atoms with van der Waals surface area (Å²) >= 11 is 5.74. The summed E-state index contributed by atoms with van der Waals surface area (Å²) in [5.41, 5.74) is -6.31. The van der Waals surface area contributed by atoms with Crippen LogP contribution in [-0.2, 0) is 9.84 Å². The summed E-state index contributed by atoms with van der Waals surface area (Å²) in [5.74, 6) is -1.79. The van der Waals surface area contributed by atoms with Crippen molar-refractivity contribution >= 4 is 33.0 Å². The molecule has 0 fully saturated rings. The number of hydrogen-bond donors (Lipinski definition) is 1. The molecular formula is C16H11ClF6N2O5S. The fraction of sp³-hybridized carbons (Fsp3) is 0.250. The highest BCUT2D eigenvalue weighted by atomic mass is 35.5. The average molecular weight is 493 g/mol. The Morgan fingerprint density at radius 3 is 2.32 bits per heavy atom. The first-order valence-electron chi connectivity index (χ1n) is 7.81. The highest BCUT2D eigenvalue weighted by Crippen LogP contribution is 2.35. The van der Waals surface area contributed by atoms with E-state index < -0.39 is 55.5 Å². The predicted molar refractivity (Wildman–Crippen MR) is 95.0 cm³/mol. The lowest BCUT2D eigenvalue weighted by Crippen LogP contribution is -2.23. The van der Waals surface area contributed by atoms with E-state index in [2.05, 4.69) is 15.0 Å². The summed E-state index contributed by atoms with van der Waals surface area (Å²) in [5, 5.41) is 1.68. The molecule has 0 aliphatic heterocycles. The Bertz CT molecular complexity index is 1090. The number of amides is 1. The van der Waals surface area contributed by atoms with Gasteiger partial charge < -0.3 is 14.8 Å². The second kappa shape index (κ2) is 8.78. The Hall–Kier alpha value is -2.74. The van der Waals surface area contributed by atoms with Crippen molar-refractivity contribution in [3.63, 3.8) is 0 Å². The van der Waals surface area contributed by atoms with Crippen LogP contribution in [0.5, 0.6) is 11.6 Å². The predicted octanol–water partition coefficient (Wildman–Crippen LogP) is 4.23. The molecule has 2 aromatic rings. The van der Waals surface area contributed by atoms with E-state index in [0.717, 1.165) is 25.4 Å². The van der Waals surface area contributed by atoms with E-state index in [1.54, 1.807) is 0 Å². The van der Waals surface area contributed by atoms with Crippen LogP contribution >= 0.6 is 11.6 Å². The first-order chi connectivity index (χ1) is 14.2. The number of pyridine rings is 1. The molecule has 7 nitrogen and oxygen atoms in total. The van der Waals surface area contributed by atoms with E-state index in [-0.39, 0.29) is 11.3 Å². The smallest absolute Gasteiger partial charge is 0.495 e. The summed E-state index contributed by atoms with van der Waals surface area (Å²) in [6.45, 7) is -1.68. The number of sulfone groups is 1. The Morgan fingerprint density at radius 2 is 1.81 bits per heavy atom. The zero-order valence-electron chi connectivity index (χ0n) is 15.1. The molecular weight excluding hydrogens is 482 g/mol. The van der Waals surface area contributed by atoms with Crippen molar-refractivity contribution in [2.45, 2.75) is 16.6 Å². The molecule has 31 heavy (non-hydrogen) atoms. The van der Waals surface area contributed by atoms with Gasteiger partial charge in [-0.2, -0.15) is 26.3 Å². The van der Waals surface area contributed by atoms with Crippen molar-refractivity contribution in [2.75, 3.05) is 19.0 Å². The Labute approximate surface area is 175 Å². The number of anilines is 1. The fourth-order valence-corrected chi connectivity index (χ4v) is 3.09. The van der Waals surface area contributed by atoms with Gasteiger partial charge in [0.05, 0.1) is 23.3 Å². The molecule has 0 saturated heterocycles. The summed E-state index contributed by atoms with van der Waals surface area (Å²) in [6, 6.07) is 2.98. The first kappa shape index (κ1) is 24.5. The molecule has 0 radical (unpaired) electrons. The van der Waals surface area contributed by atoms with E-state index >= 15 is 0 Å². The standard InChI is InChI=1S/C16H11ClF6N2O5S/c1-29-12-3-2-9(31(27,28)16(21,22)23)5-11(12)25-13(26)8-4-10(17)14(24-6-8)30-7-15(18,19)20/h2-6H,7H2,1H3,(H,25,26). The third-order valence-electron chi connectivity index (χ3n) is 3.48. The van der Waals surface area contributed by atoms with Crippen LogP contribution in [0.15, 0.2) is 35.4 Å². The number of nitrogens with one attached hydrogen (secondary N) is 1. The fourth-order valence-electron chi connectivity index (χ4n) is 2.09. The highest BCUT2D eigenvalue weighted by Gasteiger charge is 2.47. The minimum Gasteiger partial charge on any atom is -0.495 e. The first-order valence-corrected chi connectivity index (χ1v) is 9.67. The number of aromatic nitrogens is 1. The van der Waals surface area contributed by atoms with Crippen LogP contribution in [0, 0.1) is 0 Å². The molecule has 15 heteroatoms. The topological polar surface area (TPSA) is 94.6 Å². The van der Waals surface area contributed by atoms with Gasteiger partial charge in [0.15, 0.2) is 6.61 Å². The van der Waals surface area contributed by atoms with E-state index in [0.29, 0.717) is 12.1 Å². The summed E-state index contributed by atoms with van der Waals surface area (Å²) in [6.07, 6.45) is -3.85. The van der Waals surface area contributed by atoms with Gasteiger partial charge in [-0.3, -0.25) is 4.79 Å². The molecule has 1 aromatic heterocycles. The van der Waals surface area contributed by atoms with E-state index in [4.69, 9.17) is 16.3 Å².